The first-order valence-electron chi connectivity index (χ1n) is 3.99. The van der Waals surface area contributed by atoms with E-state index in [9.17, 15) is 0 Å². The lowest BCUT2D eigenvalue weighted by atomic mass is 10.2. The van der Waals surface area contributed by atoms with Crippen molar-refractivity contribution in [1.82, 2.24) is 0 Å². The third-order valence-corrected chi connectivity index (χ3v) is 1.51. The molecule has 4 N–H and O–H groups in total. The Morgan fingerprint density at radius 3 is 2.71 bits per heavy atom. The summed E-state index contributed by atoms with van der Waals surface area (Å²) >= 11 is 0. The molecule has 0 saturated heterocycles. The number of hydrogen-bond acceptors (Lipinski definition) is 3. The van der Waals surface area contributed by atoms with Gasteiger partial charge in [-0.2, -0.15) is 5.10 Å². The van der Waals surface area contributed by atoms with Gasteiger partial charge in [-0.25, -0.2) is 0 Å². The summed E-state index contributed by atoms with van der Waals surface area (Å²) < 4.78 is 5.10. The van der Waals surface area contributed by atoms with E-state index in [1.54, 1.807) is 7.11 Å². The van der Waals surface area contributed by atoms with Crippen LogP contribution >= 0.6 is 0 Å². The number of benzene rings is 1. The van der Waals surface area contributed by atoms with Crippen LogP contribution in [0.3, 0.4) is 0 Å². The molecule has 74 valence electrons. The molecule has 1 aromatic rings. The maximum absolute atomic E-state index is 5.11. The molecule has 0 saturated carbocycles. The Balaban J connectivity index is 2.85. The smallest absolute Gasteiger partial charge is 0.211 e. The molecule has 14 heavy (non-hydrogen) atoms. The van der Waals surface area contributed by atoms with E-state index in [2.05, 4.69) is 10.2 Å². The molecule has 0 heterocycles. The van der Waals surface area contributed by atoms with Crippen LogP contribution in [0.4, 0.5) is 0 Å². The summed E-state index contributed by atoms with van der Waals surface area (Å²) in [6.07, 6.45) is 1.53. The van der Waals surface area contributed by atoms with Gasteiger partial charge in [-0.05, 0) is 12.1 Å². The second-order valence-corrected chi connectivity index (χ2v) is 2.51. The van der Waals surface area contributed by atoms with Gasteiger partial charge in [0.1, 0.15) is 5.75 Å². The van der Waals surface area contributed by atoms with Crippen LogP contribution in [0.5, 0.6) is 5.75 Å². The zero-order chi connectivity index (χ0) is 10.4. The van der Waals surface area contributed by atoms with Gasteiger partial charge >= 0.3 is 0 Å². The van der Waals surface area contributed by atoms with Crippen LogP contribution in [-0.4, -0.2) is 19.3 Å². The number of rotatable bonds is 3. The van der Waals surface area contributed by atoms with Crippen LogP contribution in [0.2, 0.25) is 0 Å². The van der Waals surface area contributed by atoms with Gasteiger partial charge in [0.15, 0.2) is 0 Å². The van der Waals surface area contributed by atoms with Crippen molar-refractivity contribution in [2.24, 2.45) is 21.7 Å². The molecule has 0 aliphatic carbocycles. The second kappa shape index (κ2) is 4.86. The quantitative estimate of drug-likeness (QED) is 0.410. The summed E-state index contributed by atoms with van der Waals surface area (Å²) in [5.41, 5.74) is 11.0. The number of para-hydroxylation sites is 1. The molecule has 5 heteroatoms. The molecule has 0 aliphatic rings. The minimum atomic E-state index is -0.0730. The van der Waals surface area contributed by atoms with Crippen LogP contribution < -0.4 is 16.2 Å². The summed E-state index contributed by atoms with van der Waals surface area (Å²) in [6, 6.07) is 7.43. The van der Waals surface area contributed by atoms with Crippen molar-refractivity contribution in [3.63, 3.8) is 0 Å². The highest BCUT2D eigenvalue weighted by Gasteiger charge is 1.96. The molecular formula is C9H12N4O. The molecule has 0 atom stereocenters. The molecule has 0 fully saturated rings. The van der Waals surface area contributed by atoms with Crippen molar-refractivity contribution >= 4 is 12.2 Å². The topological polar surface area (TPSA) is 86.0 Å². The van der Waals surface area contributed by atoms with Crippen LogP contribution in [0, 0.1) is 0 Å². The van der Waals surface area contributed by atoms with Gasteiger partial charge in [0, 0.05) is 5.56 Å². The van der Waals surface area contributed by atoms with E-state index in [-0.39, 0.29) is 5.96 Å². The van der Waals surface area contributed by atoms with Crippen LogP contribution in [-0.2, 0) is 0 Å². The minimum absolute atomic E-state index is 0.0730. The molecule has 0 aromatic heterocycles. The number of nitrogens with zero attached hydrogens (tertiary/aromatic N) is 2. The largest absolute Gasteiger partial charge is 0.496 e. The average molecular weight is 192 g/mol. The van der Waals surface area contributed by atoms with E-state index in [0.29, 0.717) is 0 Å². The Morgan fingerprint density at radius 2 is 2.07 bits per heavy atom. The standard InChI is InChI=1S/C9H12N4O/c1-14-8-5-3-2-4-7(8)6-12-13-9(10)11/h2-6H,1H3,(H4,10,11,13)/b12-6+. The molecule has 5 nitrogen and oxygen atoms in total. The van der Waals surface area contributed by atoms with Crippen molar-refractivity contribution in [1.29, 1.82) is 0 Å². The fourth-order valence-corrected chi connectivity index (χ4v) is 0.931. The summed E-state index contributed by atoms with van der Waals surface area (Å²) in [5.74, 6) is 0.651. The van der Waals surface area contributed by atoms with Crippen molar-refractivity contribution in [2.75, 3.05) is 7.11 Å². The third kappa shape index (κ3) is 2.78. The molecule has 0 radical (unpaired) electrons. The Bertz CT molecular complexity index is 356. The van der Waals surface area contributed by atoms with Crippen molar-refractivity contribution in [3.8, 4) is 5.75 Å². The predicted octanol–water partition coefficient (Wildman–Crippen LogP) is 0.302. The molecule has 1 aromatic carbocycles. The third-order valence-electron chi connectivity index (χ3n) is 1.51. The molecule has 0 spiro atoms. The first kappa shape index (κ1) is 10.0. The number of hydrogen-bond donors (Lipinski definition) is 2. The lowest BCUT2D eigenvalue weighted by Gasteiger charge is -2.01. The summed E-state index contributed by atoms with van der Waals surface area (Å²) in [4.78, 5) is 0. The van der Waals surface area contributed by atoms with Crippen molar-refractivity contribution in [3.05, 3.63) is 29.8 Å². The van der Waals surface area contributed by atoms with E-state index in [0.717, 1.165) is 11.3 Å². The molecule has 0 aliphatic heterocycles. The highest BCUT2D eigenvalue weighted by atomic mass is 16.5. The number of ether oxygens (including phenoxy) is 1. The van der Waals surface area contributed by atoms with E-state index >= 15 is 0 Å². The number of guanidine groups is 1. The van der Waals surface area contributed by atoms with Crippen LogP contribution in [0.15, 0.2) is 34.5 Å². The Labute approximate surface area is 82.1 Å². The maximum atomic E-state index is 5.11. The molecular weight excluding hydrogens is 180 g/mol. The highest BCUT2D eigenvalue weighted by Crippen LogP contribution is 2.14. The fraction of sp³-hybridized carbons (Fsp3) is 0.111. The van der Waals surface area contributed by atoms with Gasteiger partial charge in [-0.1, -0.05) is 12.1 Å². The normalized spacial score (nSPS) is 10.1. The summed E-state index contributed by atoms with van der Waals surface area (Å²) in [6.45, 7) is 0. The van der Waals surface area contributed by atoms with Crippen LogP contribution in [0.25, 0.3) is 0 Å². The molecule has 0 bridgehead atoms. The minimum Gasteiger partial charge on any atom is -0.496 e. The Hall–Kier alpha value is -2.04. The van der Waals surface area contributed by atoms with Gasteiger partial charge in [-0.3, -0.25) is 0 Å². The van der Waals surface area contributed by atoms with Gasteiger partial charge in [0.05, 0.1) is 13.3 Å². The first-order valence-corrected chi connectivity index (χ1v) is 3.99. The zero-order valence-electron chi connectivity index (χ0n) is 7.84. The van der Waals surface area contributed by atoms with E-state index in [4.69, 9.17) is 16.2 Å². The SMILES string of the molecule is COc1ccccc1/C=N/N=C(N)N. The van der Waals surface area contributed by atoms with Gasteiger partial charge < -0.3 is 16.2 Å². The van der Waals surface area contributed by atoms with Gasteiger partial charge in [0.25, 0.3) is 0 Å². The van der Waals surface area contributed by atoms with Crippen molar-refractivity contribution in [2.45, 2.75) is 0 Å². The van der Waals surface area contributed by atoms with Crippen molar-refractivity contribution < 1.29 is 4.74 Å². The predicted molar refractivity (Wildman–Crippen MR) is 56.4 cm³/mol. The second-order valence-electron chi connectivity index (χ2n) is 2.51. The Kier molecular flexibility index (Phi) is 3.49. The molecule has 0 amide bonds. The number of methoxy groups -OCH3 is 1. The van der Waals surface area contributed by atoms with Gasteiger partial charge in [-0.15, -0.1) is 5.10 Å². The summed E-state index contributed by atoms with van der Waals surface area (Å²) in [7, 11) is 1.59. The van der Waals surface area contributed by atoms with Crippen LogP contribution in [0.1, 0.15) is 5.56 Å². The molecule has 1 rings (SSSR count). The zero-order valence-corrected chi connectivity index (χ0v) is 7.84. The first-order chi connectivity index (χ1) is 6.74. The average Bonchev–Trinajstić information content (AvgIpc) is 2.18. The Morgan fingerprint density at radius 1 is 1.36 bits per heavy atom. The van der Waals surface area contributed by atoms with Gasteiger partial charge in [0.2, 0.25) is 5.96 Å². The lowest BCUT2D eigenvalue weighted by Crippen LogP contribution is -2.21. The fourth-order valence-electron chi connectivity index (χ4n) is 0.931. The maximum Gasteiger partial charge on any atom is 0.211 e. The summed E-state index contributed by atoms with van der Waals surface area (Å²) in [5, 5.41) is 7.16. The lowest BCUT2D eigenvalue weighted by molar-refractivity contribution is 0.414. The number of nitrogens with two attached hydrogens (primary N) is 2. The van der Waals surface area contributed by atoms with E-state index < -0.39 is 0 Å². The highest BCUT2D eigenvalue weighted by molar-refractivity contribution is 5.84. The monoisotopic (exact) mass is 192 g/mol. The van der Waals surface area contributed by atoms with E-state index in [1.807, 2.05) is 24.3 Å². The van der Waals surface area contributed by atoms with E-state index in [1.165, 1.54) is 6.21 Å². The molecule has 0 unspecified atom stereocenters.